The van der Waals surface area contributed by atoms with Gasteiger partial charge in [-0.15, -0.1) is 0 Å². The van der Waals surface area contributed by atoms with E-state index in [1.54, 1.807) is 18.3 Å². The summed E-state index contributed by atoms with van der Waals surface area (Å²) in [4.78, 5) is 0. The monoisotopic (exact) mass is 335 g/mol. The predicted octanol–water partition coefficient (Wildman–Crippen LogP) is 3.23. The SMILES string of the molecule is CC(NC1COc2cc(O)ccc2C1)c1ccc(-n2cccn2)cc1. The number of fused-ring (bicyclic) bond motifs is 1. The topological polar surface area (TPSA) is 59.3 Å². The molecule has 5 heteroatoms. The molecule has 1 aromatic heterocycles. The van der Waals surface area contributed by atoms with E-state index in [1.807, 2.05) is 23.0 Å². The Morgan fingerprint density at radius 2 is 2.08 bits per heavy atom. The molecule has 0 amide bonds. The number of phenols is 1. The van der Waals surface area contributed by atoms with Crippen LogP contribution in [-0.2, 0) is 6.42 Å². The Hall–Kier alpha value is -2.79. The molecular formula is C20H21N3O2. The van der Waals surface area contributed by atoms with Crippen LogP contribution in [-0.4, -0.2) is 27.5 Å². The fraction of sp³-hybridized carbons (Fsp3) is 0.250. The van der Waals surface area contributed by atoms with Crippen molar-refractivity contribution in [3.63, 3.8) is 0 Å². The minimum atomic E-state index is 0.221. The van der Waals surface area contributed by atoms with Crippen LogP contribution in [0.1, 0.15) is 24.1 Å². The van der Waals surface area contributed by atoms with Crippen molar-refractivity contribution >= 4 is 0 Å². The third-order valence-corrected chi connectivity index (χ3v) is 4.60. The first kappa shape index (κ1) is 15.7. The lowest BCUT2D eigenvalue weighted by Gasteiger charge is -2.29. The molecule has 0 bridgehead atoms. The molecule has 1 aliphatic rings. The molecular weight excluding hydrogens is 314 g/mol. The van der Waals surface area contributed by atoms with Crippen LogP contribution in [0.5, 0.6) is 11.5 Å². The van der Waals surface area contributed by atoms with Crippen LogP contribution in [0.2, 0.25) is 0 Å². The van der Waals surface area contributed by atoms with E-state index >= 15 is 0 Å². The summed E-state index contributed by atoms with van der Waals surface area (Å²) in [5, 5.41) is 17.4. The number of nitrogens with zero attached hydrogens (tertiary/aromatic N) is 2. The Labute approximate surface area is 146 Å². The van der Waals surface area contributed by atoms with Crippen LogP contribution >= 0.6 is 0 Å². The van der Waals surface area contributed by atoms with Crippen LogP contribution < -0.4 is 10.1 Å². The molecule has 2 heterocycles. The van der Waals surface area contributed by atoms with Gasteiger partial charge < -0.3 is 15.2 Å². The van der Waals surface area contributed by atoms with Gasteiger partial charge in [0.05, 0.1) is 5.69 Å². The van der Waals surface area contributed by atoms with Crippen molar-refractivity contribution in [3.05, 3.63) is 72.1 Å². The lowest BCUT2D eigenvalue weighted by atomic mass is 10.0. The molecule has 0 aliphatic carbocycles. The molecule has 4 rings (SSSR count). The van der Waals surface area contributed by atoms with Gasteiger partial charge in [0.2, 0.25) is 0 Å². The Morgan fingerprint density at radius 3 is 2.84 bits per heavy atom. The van der Waals surface area contributed by atoms with E-state index < -0.39 is 0 Å². The van der Waals surface area contributed by atoms with Crippen LogP contribution in [0.25, 0.3) is 5.69 Å². The molecule has 5 nitrogen and oxygen atoms in total. The second kappa shape index (κ2) is 6.61. The molecule has 3 aromatic rings. The van der Waals surface area contributed by atoms with Gasteiger partial charge in [-0.3, -0.25) is 0 Å². The zero-order valence-corrected chi connectivity index (χ0v) is 14.1. The third-order valence-electron chi connectivity index (χ3n) is 4.60. The molecule has 0 fully saturated rings. The molecule has 0 saturated heterocycles. The van der Waals surface area contributed by atoms with E-state index in [4.69, 9.17) is 4.74 Å². The van der Waals surface area contributed by atoms with E-state index in [-0.39, 0.29) is 17.8 Å². The molecule has 1 aliphatic heterocycles. The van der Waals surface area contributed by atoms with Crippen LogP contribution in [0.3, 0.4) is 0 Å². The Kier molecular flexibility index (Phi) is 4.15. The average Bonchev–Trinajstić information content (AvgIpc) is 3.17. The second-order valence-corrected chi connectivity index (χ2v) is 6.43. The summed E-state index contributed by atoms with van der Waals surface area (Å²) in [5.41, 5.74) is 3.41. The normalized spacial score (nSPS) is 17.6. The molecule has 0 spiro atoms. The van der Waals surface area contributed by atoms with E-state index in [1.165, 1.54) is 5.56 Å². The van der Waals surface area contributed by atoms with Gasteiger partial charge in [-0.25, -0.2) is 4.68 Å². The number of rotatable bonds is 4. The number of phenolic OH excluding ortho intramolecular Hbond substituents is 1. The van der Waals surface area contributed by atoms with E-state index in [0.717, 1.165) is 23.4 Å². The fourth-order valence-electron chi connectivity index (χ4n) is 3.26. The van der Waals surface area contributed by atoms with Gasteiger partial charge in [-0.05, 0) is 48.7 Å². The number of hydrogen-bond donors (Lipinski definition) is 2. The number of benzene rings is 2. The number of ether oxygens (including phenoxy) is 1. The van der Waals surface area contributed by atoms with Crippen molar-refractivity contribution in [1.82, 2.24) is 15.1 Å². The maximum Gasteiger partial charge on any atom is 0.126 e. The highest BCUT2D eigenvalue weighted by atomic mass is 16.5. The fourth-order valence-corrected chi connectivity index (χ4v) is 3.26. The Balaban J connectivity index is 1.42. The van der Waals surface area contributed by atoms with Crippen LogP contribution in [0.4, 0.5) is 0 Å². The van der Waals surface area contributed by atoms with Gasteiger partial charge in [-0.1, -0.05) is 18.2 Å². The van der Waals surface area contributed by atoms with E-state index in [2.05, 4.69) is 41.6 Å². The lowest BCUT2D eigenvalue weighted by molar-refractivity contribution is 0.229. The molecule has 2 atom stereocenters. The van der Waals surface area contributed by atoms with Gasteiger partial charge in [0.15, 0.2) is 0 Å². The van der Waals surface area contributed by atoms with Gasteiger partial charge in [-0.2, -0.15) is 5.10 Å². The Bertz CT molecular complexity index is 844. The molecule has 2 N–H and O–H groups in total. The quantitative estimate of drug-likeness (QED) is 0.768. The zero-order valence-electron chi connectivity index (χ0n) is 14.1. The molecule has 2 aromatic carbocycles. The predicted molar refractivity (Wildman–Crippen MR) is 96.2 cm³/mol. The minimum Gasteiger partial charge on any atom is -0.508 e. The van der Waals surface area contributed by atoms with Crippen molar-refractivity contribution in [1.29, 1.82) is 0 Å². The van der Waals surface area contributed by atoms with Gasteiger partial charge in [0.25, 0.3) is 0 Å². The number of aromatic nitrogens is 2. The Morgan fingerprint density at radius 1 is 1.24 bits per heavy atom. The molecule has 0 saturated carbocycles. The zero-order chi connectivity index (χ0) is 17.2. The smallest absolute Gasteiger partial charge is 0.126 e. The van der Waals surface area contributed by atoms with Crippen molar-refractivity contribution in [2.75, 3.05) is 6.61 Å². The highest BCUT2D eigenvalue weighted by Gasteiger charge is 2.22. The molecule has 25 heavy (non-hydrogen) atoms. The maximum absolute atomic E-state index is 9.54. The molecule has 2 unspecified atom stereocenters. The summed E-state index contributed by atoms with van der Waals surface area (Å²) in [6.07, 6.45) is 4.61. The standard InChI is InChI=1S/C20H21N3O2/c1-14(15-3-6-18(7-4-15)23-10-2-9-21-23)22-17-11-16-5-8-19(24)12-20(16)25-13-17/h2-10,12,14,17,22,24H,11,13H2,1H3. The maximum atomic E-state index is 9.54. The van der Waals surface area contributed by atoms with Crippen molar-refractivity contribution in [2.45, 2.75) is 25.4 Å². The highest BCUT2D eigenvalue weighted by molar-refractivity contribution is 5.42. The van der Waals surface area contributed by atoms with Crippen LogP contribution in [0.15, 0.2) is 60.9 Å². The lowest BCUT2D eigenvalue weighted by Crippen LogP contribution is -2.40. The van der Waals surface area contributed by atoms with Crippen molar-refractivity contribution < 1.29 is 9.84 Å². The summed E-state index contributed by atoms with van der Waals surface area (Å²) >= 11 is 0. The largest absolute Gasteiger partial charge is 0.508 e. The van der Waals surface area contributed by atoms with Gasteiger partial charge in [0, 0.05) is 30.5 Å². The molecule has 128 valence electrons. The number of aromatic hydroxyl groups is 1. The minimum absolute atomic E-state index is 0.221. The number of hydrogen-bond acceptors (Lipinski definition) is 4. The molecule has 0 radical (unpaired) electrons. The summed E-state index contributed by atoms with van der Waals surface area (Å²) in [7, 11) is 0. The number of nitrogens with one attached hydrogen (secondary N) is 1. The summed E-state index contributed by atoms with van der Waals surface area (Å²) < 4.78 is 7.64. The first-order valence-electron chi connectivity index (χ1n) is 8.50. The summed E-state index contributed by atoms with van der Waals surface area (Å²) in [6, 6.07) is 16.1. The first-order chi connectivity index (χ1) is 12.2. The van der Waals surface area contributed by atoms with Gasteiger partial charge >= 0.3 is 0 Å². The summed E-state index contributed by atoms with van der Waals surface area (Å²) in [6.45, 7) is 2.77. The van der Waals surface area contributed by atoms with Crippen LogP contribution in [0, 0.1) is 0 Å². The average molecular weight is 335 g/mol. The highest BCUT2D eigenvalue weighted by Crippen LogP contribution is 2.29. The van der Waals surface area contributed by atoms with Crippen molar-refractivity contribution in [2.24, 2.45) is 0 Å². The third kappa shape index (κ3) is 3.37. The summed E-state index contributed by atoms with van der Waals surface area (Å²) in [5.74, 6) is 1.03. The van der Waals surface area contributed by atoms with E-state index in [0.29, 0.717) is 6.61 Å². The van der Waals surface area contributed by atoms with Gasteiger partial charge in [0.1, 0.15) is 18.1 Å². The second-order valence-electron chi connectivity index (χ2n) is 6.43. The van der Waals surface area contributed by atoms with E-state index in [9.17, 15) is 5.11 Å². The first-order valence-corrected chi connectivity index (χ1v) is 8.50. The van der Waals surface area contributed by atoms with Crippen molar-refractivity contribution in [3.8, 4) is 17.2 Å².